The SMILES string of the molecule is C[C@H]1CN2CCC[C@H]2CN1C(=O)N1Cc2c(NC(=O)c3ccnn3C)n[nH]c2C1(C)C. The van der Waals surface area contributed by atoms with E-state index in [1.807, 2.05) is 23.6 Å². The number of nitrogens with zero attached hydrogens (tertiary/aromatic N) is 6. The molecule has 5 heterocycles. The lowest BCUT2D eigenvalue weighted by atomic mass is 10.0. The molecule has 0 radical (unpaired) electrons. The summed E-state index contributed by atoms with van der Waals surface area (Å²) in [5.74, 6) is 0.195. The fourth-order valence-electron chi connectivity index (χ4n) is 5.30. The van der Waals surface area contributed by atoms with Gasteiger partial charge in [-0.1, -0.05) is 0 Å². The summed E-state index contributed by atoms with van der Waals surface area (Å²) in [6, 6.07) is 2.36. The number of aromatic amines is 1. The van der Waals surface area contributed by atoms with Gasteiger partial charge in [0, 0.05) is 44.0 Å². The minimum Gasteiger partial charge on any atom is -0.319 e. The van der Waals surface area contributed by atoms with Gasteiger partial charge in [0.1, 0.15) is 5.69 Å². The van der Waals surface area contributed by atoms with E-state index in [1.165, 1.54) is 11.1 Å². The van der Waals surface area contributed by atoms with E-state index >= 15 is 0 Å². The van der Waals surface area contributed by atoms with Crippen molar-refractivity contribution in [3.63, 3.8) is 0 Å². The topological polar surface area (TPSA) is 102 Å². The van der Waals surface area contributed by atoms with Crippen LogP contribution in [0.3, 0.4) is 0 Å². The molecule has 3 amide bonds. The molecule has 2 fully saturated rings. The largest absolute Gasteiger partial charge is 0.321 e. The van der Waals surface area contributed by atoms with Crippen molar-refractivity contribution >= 4 is 17.8 Å². The Morgan fingerprint density at radius 2 is 2.10 bits per heavy atom. The van der Waals surface area contributed by atoms with Gasteiger partial charge in [-0.15, -0.1) is 0 Å². The van der Waals surface area contributed by atoms with Crippen LogP contribution in [0.25, 0.3) is 0 Å². The summed E-state index contributed by atoms with van der Waals surface area (Å²) in [5.41, 5.74) is 1.64. The van der Waals surface area contributed by atoms with E-state index in [-0.39, 0.29) is 18.0 Å². The van der Waals surface area contributed by atoms with Gasteiger partial charge in [-0.3, -0.25) is 19.5 Å². The minimum absolute atomic E-state index is 0.0533. The quantitative estimate of drug-likeness (QED) is 0.762. The lowest BCUT2D eigenvalue weighted by Gasteiger charge is -2.45. The molecule has 0 aliphatic carbocycles. The van der Waals surface area contributed by atoms with Crippen molar-refractivity contribution in [2.24, 2.45) is 7.05 Å². The summed E-state index contributed by atoms with van der Waals surface area (Å²) in [6.45, 7) is 9.46. The Morgan fingerprint density at radius 1 is 1.29 bits per heavy atom. The first-order valence-corrected chi connectivity index (χ1v) is 11.0. The van der Waals surface area contributed by atoms with E-state index < -0.39 is 5.54 Å². The van der Waals surface area contributed by atoms with Crippen molar-refractivity contribution in [1.29, 1.82) is 0 Å². The van der Waals surface area contributed by atoms with Gasteiger partial charge >= 0.3 is 6.03 Å². The number of aryl methyl sites for hydroxylation is 1. The van der Waals surface area contributed by atoms with E-state index in [1.54, 1.807) is 19.3 Å². The van der Waals surface area contributed by atoms with Gasteiger partial charge in [-0.05, 0) is 46.2 Å². The summed E-state index contributed by atoms with van der Waals surface area (Å²) in [5, 5.41) is 14.3. The summed E-state index contributed by atoms with van der Waals surface area (Å²) in [4.78, 5) is 32.7. The van der Waals surface area contributed by atoms with Crippen molar-refractivity contribution in [3.8, 4) is 0 Å². The molecule has 10 nitrogen and oxygen atoms in total. The Morgan fingerprint density at radius 3 is 2.84 bits per heavy atom. The summed E-state index contributed by atoms with van der Waals surface area (Å²) < 4.78 is 1.52. The van der Waals surface area contributed by atoms with E-state index in [0.717, 1.165) is 37.3 Å². The van der Waals surface area contributed by atoms with Crippen LogP contribution in [0.15, 0.2) is 12.3 Å². The molecule has 31 heavy (non-hydrogen) atoms. The third kappa shape index (κ3) is 3.12. The number of rotatable bonds is 2. The standard InChI is InChI=1S/C21H30N8O2/c1-13-10-27-9-5-6-14(27)11-28(13)20(31)29-12-15-17(21(29,2)3)24-25-18(15)23-19(30)16-7-8-22-26(16)4/h7-8,13-14H,5-6,9-12H2,1-4H3,(H2,23,24,25,30)/t13-,14-/m0/s1. The normalized spacial score (nSPS) is 24.9. The highest BCUT2D eigenvalue weighted by Gasteiger charge is 2.47. The van der Waals surface area contributed by atoms with Crippen molar-refractivity contribution in [2.75, 3.05) is 25.0 Å². The number of hydrogen-bond acceptors (Lipinski definition) is 5. The number of anilines is 1. The minimum atomic E-state index is -0.540. The smallest absolute Gasteiger partial charge is 0.319 e. The molecular weight excluding hydrogens is 396 g/mol. The fourth-order valence-corrected chi connectivity index (χ4v) is 5.30. The van der Waals surface area contributed by atoms with Crippen LogP contribution in [0.2, 0.25) is 0 Å². The van der Waals surface area contributed by atoms with E-state index in [2.05, 4.69) is 32.4 Å². The zero-order valence-corrected chi connectivity index (χ0v) is 18.6. The predicted octanol–water partition coefficient (Wildman–Crippen LogP) is 1.73. The van der Waals surface area contributed by atoms with Gasteiger partial charge in [0.25, 0.3) is 5.91 Å². The van der Waals surface area contributed by atoms with Gasteiger partial charge in [-0.25, -0.2) is 4.79 Å². The molecule has 0 aromatic carbocycles. The highest BCUT2D eigenvalue weighted by atomic mass is 16.2. The Bertz CT molecular complexity index is 1020. The van der Waals surface area contributed by atoms with Crippen molar-refractivity contribution in [1.82, 2.24) is 34.7 Å². The monoisotopic (exact) mass is 426 g/mol. The molecular formula is C21H30N8O2. The predicted molar refractivity (Wildman–Crippen MR) is 114 cm³/mol. The van der Waals surface area contributed by atoms with Crippen LogP contribution in [-0.4, -0.2) is 78.3 Å². The molecule has 3 aliphatic rings. The summed E-state index contributed by atoms with van der Waals surface area (Å²) in [7, 11) is 1.72. The molecule has 3 aliphatic heterocycles. The first kappa shape index (κ1) is 20.0. The first-order valence-electron chi connectivity index (χ1n) is 11.0. The maximum Gasteiger partial charge on any atom is 0.321 e. The number of amides is 3. The zero-order chi connectivity index (χ0) is 21.9. The molecule has 2 saturated heterocycles. The Labute approximate surface area is 181 Å². The number of carbonyl (C=O) groups is 2. The second-order valence-corrected chi connectivity index (χ2v) is 9.44. The van der Waals surface area contributed by atoms with Crippen LogP contribution >= 0.6 is 0 Å². The molecule has 2 atom stereocenters. The first-order chi connectivity index (χ1) is 14.8. The third-order valence-corrected chi connectivity index (χ3v) is 7.17. The number of fused-ring (bicyclic) bond motifs is 2. The second-order valence-electron chi connectivity index (χ2n) is 9.44. The Balaban J connectivity index is 1.36. The van der Waals surface area contributed by atoms with Crippen LogP contribution in [-0.2, 0) is 19.1 Å². The van der Waals surface area contributed by atoms with Gasteiger partial charge in [0.05, 0.1) is 17.8 Å². The van der Waals surface area contributed by atoms with E-state index in [9.17, 15) is 9.59 Å². The molecule has 5 rings (SSSR count). The number of hydrogen-bond donors (Lipinski definition) is 2. The molecule has 166 valence electrons. The molecule has 0 bridgehead atoms. The number of piperazine rings is 1. The molecule has 10 heteroatoms. The van der Waals surface area contributed by atoms with Crippen LogP contribution in [0.4, 0.5) is 10.6 Å². The summed E-state index contributed by atoms with van der Waals surface area (Å²) >= 11 is 0. The number of H-pyrrole nitrogens is 1. The number of aromatic nitrogens is 4. The lowest BCUT2D eigenvalue weighted by Crippen LogP contribution is -2.60. The van der Waals surface area contributed by atoms with Crippen molar-refractivity contribution in [2.45, 2.75) is 57.8 Å². The summed E-state index contributed by atoms with van der Waals surface area (Å²) in [6.07, 6.45) is 3.95. The Kier molecular flexibility index (Phi) is 4.58. The van der Waals surface area contributed by atoms with Crippen LogP contribution in [0.5, 0.6) is 0 Å². The average Bonchev–Trinajstić information content (AvgIpc) is 3.47. The maximum absolute atomic E-state index is 13.6. The maximum atomic E-state index is 13.6. The second kappa shape index (κ2) is 7.08. The zero-order valence-electron chi connectivity index (χ0n) is 18.6. The molecule has 0 unspecified atom stereocenters. The van der Waals surface area contributed by atoms with Gasteiger partial charge in [0.2, 0.25) is 0 Å². The molecule has 2 aromatic heterocycles. The number of urea groups is 1. The lowest BCUT2D eigenvalue weighted by molar-refractivity contribution is 0.0454. The number of nitrogens with one attached hydrogen (secondary N) is 2. The van der Waals surface area contributed by atoms with Gasteiger partial charge in [-0.2, -0.15) is 10.2 Å². The number of carbonyl (C=O) groups excluding carboxylic acids is 2. The molecule has 0 spiro atoms. The van der Waals surface area contributed by atoms with Crippen LogP contribution < -0.4 is 5.32 Å². The van der Waals surface area contributed by atoms with Crippen LogP contribution in [0, 0.1) is 0 Å². The van der Waals surface area contributed by atoms with Crippen molar-refractivity contribution < 1.29 is 9.59 Å². The highest BCUT2D eigenvalue weighted by Crippen LogP contribution is 2.41. The van der Waals surface area contributed by atoms with Gasteiger partial charge < -0.3 is 15.1 Å². The average molecular weight is 427 g/mol. The molecule has 2 aromatic rings. The fraction of sp³-hybridized carbons (Fsp3) is 0.619. The third-order valence-electron chi connectivity index (χ3n) is 7.17. The Hall–Kier alpha value is -2.88. The molecule has 0 saturated carbocycles. The van der Waals surface area contributed by atoms with E-state index in [4.69, 9.17) is 0 Å². The van der Waals surface area contributed by atoms with E-state index in [0.29, 0.717) is 24.1 Å². The van der Waals surface area contributed by atoms with Crippen LogP contribution in [0.1, 0.15) is 55.4 Å². The van der Waals surface area contributed by atoms with Gasteiger partial charge in [0.15, 0.2) is 5.82 Å². The molecule has 2 N–H and O–H groups in total. The highest BCUT2D eigenvalue weighted by molar-refractivity contribution is 6.03. The van der Waals surface area contributed by atoms with Crippen molar-refractivity contribution in [3.05, 3.63) is 29.2 Å².